The van der Waals surface area contributed by atoms with Gasteiger partial charge in [-0.15, -0.1) is 0 Å². The number of hydrogen-bond donors (Lipinski definition) is 1. The highest BCUT2D eigenvalue weighted by Crippen LogP contribution is 2.27. The SMILES string of the molecule is O=Cc1ccc(-c2ccc3c(-c4ccc(F)cc4)[nH]nc3n2)cc1. The zero-order valence-corrected chi connectivity index (χ0v) is 12.5. The first-order chi connectivity index (χ1) is 11.7. The van der Waals surface area contributed by atoms with Crippen molar-refractivity contribution in [1.82, 2.24) is 15.2 Å². The van der Waals surface area contributed by atoms with Crippen LogP contribution in [-0.2, 0) is 0 Å². The summed E-state index contributed by atoms with van der Waals surface area (Å²) in [5, 5.41) is 8.09. The third-order valence-corrected chi connectivity index (χ3v) is 3.89. The van der Waals surface area contributed by atoms with Crippen LogP contribution < -0.4 is 0 Å². The number of benzene rings is 2. The Morgan fingerprint density at radius 1 is 0.875 bits per heavy atom. The summed E-state index contributed by atoms with van der Waals surface area (Å²) >= 11 is 0. The molecule has 0 saturated heterocycles. The van der Waals surface area contributed by atoms with Crippen LogP contribution in [0.1, 0.15) is 10.4 Å². The van der Waals surface area contributed by atoms with Gasteiger partial charge in [0.1, 0.15) is 12.1 Å². The van der Waals surface area contributed by atoms with Crippen LogP contribution in [0, 0.1) is 5.82 Å². The lowest BCUT2D eigenvalue weighted by molar-refractivity contribution is 0.112. The Morgan fingerprint density at radius 3 is 2.29 bits per heavy atom. The molecule has 24 heavy (non-hydrogen) atoms. The fourth-order valence-electron chi connectivity index (χ4n) is 2.63. The Hall–Kier alpha value is -3.34. The second kappa shape index (κ2) is 5.70. The van der Waals surface area contributed by atoms with Crippen LogP contribution in [0.5, 0.6) is 0 Å². The second-order valence-corrected chi connectivity index (χ2v) is 5.41. The molecule has 1 N–H and O–H groups in total. The normalized spacial score (nSPS) is 10.9. The van der Waals surface area contributed by atoms with Gasteiger partial charge < -0.3 is 0 Å². The summed E-state index contributed by atoms with van der Waals surface area (Å²) in [4.78, 5) is 15.3. The predicted octanol–water partition coefficient (Wildman–Crippen LogP) is 4.24. The fraction of sp³-hybridized carbons (Fsp3) is 0. The molecule has 0 fully saturated rings. The average molecular weight is 317 g/mol. The van der Waals surface area contributed by atoms with Crippen LogP contribution in [-0.4, -0.2) is 21.5 Å². The van der Waals surface area contributed by atoms with E-state index in [1.165, 1.54) is 12.1 Å². The Labute approximate surface area is 137 Å². The Kier molecular flexibility index (Phi) is 3.39. The van der Waals surface area contributed by atoms with Crippen molar-refractivity contribution in [1.29, 1.82) is 0 Å². The molecule has 4 rings (SSSR count). The van der Waals surface area contributed by atoms with Crippen LogP contribution in [0.25, 0.3) is 33.5 Å². The van der Waals surface area contributed by atoms with Gasteiger partial charge >= 0.3 is 0 Å². The summed E-state index contributed by atoms with van der Waals surface area (Å²) < 4.78 is 13.1. The number of aldehydes is 1. The van der Waals surface area contributed by atoms with Crippen molar-refractivity contribution in [3.8, 4) is 22.5 Å². The van der Waals surface area contributed by atoms with Crippen LogP contribution >= 0.6 is 0 Å². The first kappa shape index (κ1) is 14.3. The molecule has 0 aliphatic rings. The van der Waals surface area contributed by atoms with Crippen molar-refractivity contribution in [3.63, 3.8) is 0 Å². The summed E-state index contributed by atoms with van der Waals surface area (Å²) in [7, 11) is 0. The van der Waals surface area contributed by atoms with Gasteiger partial charge in [0.25, 0.3) is 0 Å². The first-order valence-corrected chi connectivity index (χ1v) is 7.41. The van der Waals surface area contributed by atoms with Crippen molar-refractivity contribution in [2.75, 3.05) is 0 Å². The number of halogens is 1. The molecule has 0 aliphatic carbocycles. The first-order valence-electron chi connectivity index (χ1n) is 7.41. The molecular weight excluding hydrogens is 305 g/mol. The van der Waals surface area contributed by atoms with E-state index in [9.17, 15) is 9.18 Å². The van der Waals surface area contributed by atoms with Crippen molar-refractivity contribution in [2.45, 2.75) is 0 Å². The zero-order chi connectivity index (χ0) is 16.5. The summed E-state index contributed by atoms with van der Waals surface area (Å²) in [6.07, 6.45) is 0.809. The molecule has 4 nitrogen and oxygen atoms in total. The summed E-state index contributed by atoms with van der Waals surface area (Å²) in [5.41, 5.74) is 4.56. The van der Waals surface area contributed by atoms with Crippen molar-refractivity contribution in [3.05, 3.63) is 72.0 Å². The van der Waals surface area contributed by atoms with Gasteiger partial charge in [0, 0.05) is 22.1 Å². The number of aromatic amines is 1. The zero-order valence-electron chi connectivity index (χ0n) is 12.5. The van der Waals surface area contributed by atoms with Gasteiger partial charge in [-0.3, -0.25) is 9.89 Å². The lowest BCUT2D eigenvalue weighted by atomic mass is 10.1. The minimum absolute atomic E-state index is 0.276. The summed E-state index contributed by atoms with van der Waals surface area (Å²) in [5.74, 6) is -0.276. The number of hydrogen-bond acceptors (Lipinski definition) is 3. The molecular formula is C19H12FN3O. The Balaban J connectivity index is 1.77. The number of nitrogens with one attached hydrogen (secondary N) is 1. The third kappa shape index (κ3) is 2.46. The van der Waals surface area contributed by atoms with Gasteiger partial charge in [-0.25, -0.2) is 9.37 Å². The maximum Gasteiger partial charge on any atom is 0.182 e. The Morgan fingerprint density at radius 2 is 1.58 bits per heavy atom. The molecule has 2 aromatic carbocycles. The Bertz CT molecular complexity index is 1020. The lowest BCUT2D eigenvalue weighted by Gasteiger charge is -2.02. The van der Waals surface area contributed by atoms with Gasteiger partial charge in [0.15, 0.2) is 5.65 Å². The molecule has 4 aromatic rings. The number of pyridine rings is 1. The van der Waals surface area contributed by atoms with Crippen molar-refractivity contribution >= 4 is 17.3 Å². The van der Waals surface area contributed by atoms with Crippen LogP contribution in [0.2, 0.25) is 0 Å². The molecule has 0 aliphatic heterocycles. The van der Waals surface area contributed by atoms with Crippen molar-refractivity contribution < 1.29 is 9.18 Å². The highest BCUT2D eigenvalue weighted by Gasteiger charge is 2.10. The predicted molar refractivity (Wildman–Crippen MR) is 90.1 cm³/mol. The topological polar surface area (TPSA) is 58.6 Å². The number of nitrogens with zero attached hydrogens (tertiary/aromatic N) is 2. The summed E-state index contributed by atoms with van der Waals surface area (Å²) in [6, 6.07) is 17.3. The smallest absolute Gasteiger partial charge is 0.182 e. The van der Waals surface area contributed by atoms with Crippen molar-refractivity contribution in [2.24, 2.45) is 0 Å². The number of carbonyl (C=O) groups is 1. The fourth-order valence-corrected chi connectivity index (χ4v) is 2.63. The number of fused-ring (bicyclic) bond motifs is 1. The minimum atomic E-state index is -0.276. The highest BCUT2D eigenvalue weighted by molar-refractivity contribution is 5.92. The molecule has 0 atom stereocenters. The van der Waals surface area contributed by atoms with E-state index >= 15 is 0 Å². The second-order valence-electron chi connectivity index (χ2n) is 5.41. The van der Waals surface area contributed by atoms with Gasteiger partial charge in [0.05, 0.1) is 11.4 Å². The maximum atomic E-state index is 13.1. The van der Waals surface area contributed by atoms with E-state index in [4.69, 9.17) is 0 Å². The molecule has 2 aromatic heterocycles. The molecule has 0 spiro atoms. The highest BCUT2D eigenvalue weighted by atomic mass is 19.1. The monoisotopic (exact) mass is 317 g/mol. The van der Waals surface area contributed by atoms with E-state index in [2.05, 4.69) is 15.2 Å². The molecule has 0 amide bonds. The molecule has 0 bridgehead atoms. The largest absolute Gasteiger partial charge is 0.298 e. The molecule has 0 saturated carbocycles. The number of aromatic nitrogens is 3. The number of H-pyrrole nitrogens is 1. The standard InChI is InChI=1S/C19H12FN3O/c20-15-7-5-14(6-8-15)18-16-9-10-17(21-19(16)23-22-18)13-3-1-12(11-24)2-4-13/h1-11H,(H,21,22,23). The van der Waals surface area contributed by atoms with Gasteiger partial charge in [-0.2, -0.15) is 5.10 Å². The van der Waals surface area contributed by atoms with Crippen LogP contribution in [0.15, 0.2) is 60.7 Å². The summed E-state index contributed by atoms with van der Waals surface area (Å²) in [6.45, 7) is 0. The van der Waals surface area contributed by atoms with Gasteiger partial charge in [0.2, 0.25) is 0 Å². The van der Waals surface area contributed by atoms with E-state index in [1.807, 2.05) is 24.3 Å². The molecule has 5 heteroatoms. The number of carbonyl (C=O) groups excluding carboxylic acids is 1. The maximum absolute atomic E-state index is 13.1. The van der Waals surface area contributed by atoms with E-state index in [-0.39, 0.29) is 5.82 Å². The van der Waals surface area contributed by atoms with E-state index in [0.717, 1.165) is 34.2 Å². The minimum Gasteiger partial charge on any atom is -0.298 e. The van der Waals surface area contributed by atoms with Gasteiger partial charge in [-0.1, -0.05) is 24.3 Å². The molecule has 0 unspecified atom stereocenters. The van der Waals surface area contributed by atoms with E-state index < -0.39 is 0 Å². The molecule has 0 radical (unpaired) electrons. The molecule has 116 valence electrons. The number of rotatable bonds is 3. The van der Waals surface area contributed by atoms with Gasteiger partial charge in [-0.05, 0) is 36.4 Å². The van der Waals surface area contributed by atoms with E-state index in [0.29, 0.717) is 11.2 Å². The van der Waals surface area contributed by atoms with Crippen LogP contribution in [0.4, 0.5) is 4.39 Å². The van der Waals surface area contributed by atoms with E-state index in [1.54, 1.807) is 24.3 Å². The average Bonchev–Trinajstić information content (AvgIpc) is 3.05. The quantitative estimate of drug-likeness (QED) is 0.575. The lowest BCUT2D eigenvalue weighted by Crippen LogP contribution is -1.86. The molecule has 2 heterocycles. The third-order valence-electron chi connectivity index (χ3n) is 3.89. The van der Waals surface area contributed by atoms with Crippen LogP contribution in [0.3, 0.4) is 0 Å².